The van der Waals surface area contributed by atoms with Gasteiger partial charge in [0.25, 0.3) is 11.5 Å². The van der Waals surface area contributed by atoms with E-state index >= 15 is 0 Å². The number of anilines is 1. The van der Waals surface area contributed by atoms with E-state index in [1.54, 1.807) is 36.6 Å². The van der Waals surface area contributed by atoms with Crippen molar-refractivity contribution in [2.45, 2.75) is 19.8 Å². The minimum absolute atomic E-state index is 0.224. The molecule has 1 amide bonds. The number of halogens is 1. The second kappa shape index (κ2) is 8.66. The predicted molar refractivity (Wildman–Crippen MR) is 121 cm³/mol. The highest BCUT2D eigenvalue weighted by Crippen LogP contribution is 2.25. The van der Waals surface area contributed by atoms with Crippen LogP contribution < -0.4 is 10.9 Å². The maximum Gasteiger partial charge on any atom is 0.257 e. The van der Waals surface area contributed by atoms with Crippen molar-refractivity contribution in [3.8, 4) is 17.4 Å². The molecule has 0 saturated heterocycles. The topological polar surface area (TPSA) is 106 Å². The van der Waals surface area contributed by atoms with E-state index < -0.39 is 0 Å². The Labute approximate surface area is 185 Å². The van der Waals surface area contributed by atoms with E-state index in [1.165, 1.54) is 10.7 Å². The molecule has 9 heteroatoms. The first kappa shape index (κ1) is 20.1. The van der Waals surface area contributed by atoms with E-state index in [4.69, 9.17) is 4.42 Å². The van der Waals surface area contributed by atoms with Gasteiger partial charge in [-0.3, -0.25) is 14.6 Å². The summed E-state index contributed by atoms with van der Waals surface area (Å²) in [5, 5.41) is 7.38. The number of nitrogens with one attached hydrogen (secondary N) is 2. The van der Waals surface area contributed by atoms with Crippen LogP contribution in [0.4, 0.5) is 5.82 Å². The van der Waals surface area contributed by atoms with E-state index in [0.717, 1.165) is 9.99 Å². The van der Waals surface area contributed by atoms with Crippen molar-refractivity contribution in [2.24, 2.45) is 0 Å². The first-order valence-electron chi connectivity index (χ1n) is 9.35. The molecular weight excluding hydrogens is 497 g/mol. The second-order valence-corrected chi connectivity index (χ2v) is 7.71. The number of carbonyl (C=O) groups is 1. The van der Waals surface area contributed by atoms with Crippen LogP contribution in [0.2, 0.25) is 0 Å². The molecule has 152 valence electrons. The molecule has 0 fully saturated rings. The summed E-state index contributed by atoms with van der Waals surface area (Å²) in [5.41, 5.74) is 1.41. The average Bonchev–Trinajstić information content (AvgIpc) is 3.38. The molecule has 0 spiro atoms. The van der Waals surface area contributed by atoms with Gasteiger partial charge in [-0.15, -0.1) is 0 Å². The quantitative estimate of drug-likeness (QED) is 0.378. The third-order valence-corrected chi connectivity index (χ3v) is 5.27. The minimum atomic E-state index is -0.292. The summed E-state index contributed by atoms with van der Waals surface area (Å²) < 4.78 is 7.67. The summed E-state index contributed by atoms with van der Waals surface area (Å²) in [6.07, 6.45) is 3.05. The molecule has 0 bridgehead atoms. The number of amides is 1. The third kappa shape index (κ3) is 4.20. The largest absolute Gasteiger partial charge is 0.463 e. The van der Waals surface area contributed by atoms with Crippen molar-refractivity contribution in [3.05, 3.63) is 80.0 Å². The van der Waals surface area contributed by atoms with Crippen molar-refractivity contribution in [1.29, 1.82) is 0 Å². The summed E-state index contributed by atoms with van der Waals surface area (Å²) in [6, 6.07) is 13.9. The zero-order valence-corrected chi connectivity index (χ0v) is 18.2. The summed E-state index contributed by atoms with van der Waals surface area (Å²) in [5.74, 6) is 0.828. The van der Waals surface area contributed by atoms with Crippen LogP contribution in [0.5, 0.6) is 0 Å². The lowest BCUT2D eigenvalue weighted by Gasteiger charge is -2.09. The molecule has 0 aliphatic carbocycles. The lowest BCUT2D eigenvalue weighted by atomic mass is 10.2. The predicted octanol–water partition coefficient (Wildman–Crippen LogP) is 4.03. The molecule has 8 nitrogen and oxygen atoms in total. The molecule has 2 N–H and O–H groups in total. The number of carbonyl (C=O) groups excluding carboxylic acids is 1. The number of furan rings is 1. The van der Waals surface area contributed by atoms with E-state index in [9.17, 15) is 9.59 Å². The van der Waals surface area contributed by atoms with Gasteiger partial charge in [0.05, 0.1) is 11.8 Å². The van der Waals surface area contributed by atoms with Crippen LogP contribution in [-0.2, 0) is 6.42 Å². The Hall–Kier alpha value is -3.21. The Morgan fingerprint density at radius 1 is 1.23 bits per heavy atom. The van der Waals surface area contributed by atoms with Gasteiger partial charge < -0.3 is 9.73 Å². The van der Waals surface area contributed by atoms with Crippen LogP contribution >= 0.6 is 22.6 Å². The summed E-state index contributed by atoms with van der Waals surface area (Å²) in [6.45, 7) is 2.01. The Kier molecular flexibility index (Phi) is 5.79. The number of aromatic nitrogens is 4. The van der Waals surface area contributed by atoms with Crippen LogP contribution in [0.1, 0.15) is 29.4 Å². The normalized spacial score (nSPS) is 10.9. The van der Waals surface area contributed by atoms with Crippen molar-refractivity contribution < 1.29 is 9.21 Å². The zero-order chi connectivity index (χ0) is 21.1. The third-order valence-electron chi connectivity index (χ3n) is 4.33. The van der Waals surface area contributed by atoms with Crippen molar-refractivity contribution in [1.82, 2.24) is 19.7 Å². The first-order chi connectivity index (χ1) is 14.5. The van der Waals surface area contributed by atoms with Gasteiger partial charge in [-0.2, -0.15) is 9.78 Å². The van der Waals surface area contributed by atoms with E-state index in [2.05, 4.69) is 43.0 Å². The molecule has 4 aromatic rings. The van der Waals surface area contributed by atoms with E-state index in [1.807, 2.05) is 19.1 Å². The number of hydrogen-bond acceptors (Lipinski definition) is 5. The van der Waals surface area contributed by atoms with Gasteiger partial charge in [-0.25, -0.2) is 4.98 Å². The average molecular weight is 515 g/mol. The first-order valence-corrected chi connectivity index (χ1v) is 10.4. The molecule has 3 aromatic heterocycles. The molecule has 0 unspecified atom stereocenters. The number of aromatic amines is 1. The van der Waals surface area contributed by atoms with Crippen molar-refractivity contribution >= 4 is 34.3 Å². The molecule has 4 rings (SSSR count). The smallest absolute Gasteiger partial charge is 0.257 e. The fraction of sp³-hybridized carbons (Fsp3) is 0.143. The summed E-state index contributed by atoms with van der Waals surface area (Å²) >= 11 is 2.11. The minimum Gasteiger partial charge on any atom is -0.463 e. The molecule has 0 aliphatic rings. The van der Waals surface area contributed by atoms with Crippen molar-refractivity contribution in [2.75, 3.05) is 5.32 Å². The highest BCUT2D eigenvalue weighted by Gasteiger charge is 2.18. The highest BCUT2D eigenvalue weighted by molar-refractivity contribution is 14.1. The highest BCUT2D eigenvalue weighted by atomic mass is 127. The Morgan fingerprint density at radius 2 is 2.07 bits per heavy atom. The Morgan fingerprint density at radius 3 is 2.80 bits per heavy atom. The van der Waals surface area contributed by atoms with Crippen LogP contribution in [0.3, 0.4) is 0 Å². The van der Waals surface area contributed by atoms with Gasteiger partial charge in [-0.1, -0.05) is 25.5 Å². The van der Waals surface area contributed by atoms with Gasteiger partial charge >= 0.3 is 0 Å². The van der Waals surface area contributed by atoms with Gasteiger partial charge in [0.15, 0.2) is 5.76 Å². The van der Waals surface area contributed by atoms with Gasteiger partial charge in [0.2, 0.25) is 5.95 Å². The van der Waals surface area contributed by atoms with Gasteiger partial charge in [0, 0.05) is 21.4 Å². The molecule has 3 heterocycles. The summed E-state index contributed by atoms with van der Waals surface area (Å²) in [7, 11) is 0. The second-order valence-electron chi connectivity index (χ2n) is 6.55. The van der Waals surface area contributed by atoms with E-state index in [-0.39, 0.29) is 17.4 Å². The molecule has 30 heavy (non-hydrogen) atoms. The SMILES string of the molecule is CCCc1cc(=O)[nH]c(-n2nc(-c3ccco3)cc2NC(=O)c2ccccc2I)n1. The standard InChI is InChI=1S/C21H18IN5O3/c1-2-6-13-11-19(28)25-21(23-13)27-18(12-16(26-27)17-9-5-10-30-17)24-20(29)14-7-3-4-8-15(14)22/h3-5,7-12H,2,6H2,1H3,(H,24,29)(H,23,25,28). The molecule has 0 atom stereocenters. The number of rotatable bonds is 6. The molecule has 0 radical (unpaired) electrons. The number of aryl methyl sites for hydroxylation is 1. The number of H-pyrrole nitrogens is 1. The molecule has 0 aliphatic heterocycles. The van der Waals surface area contributed by atoms with Gasteiger partial charge in [-0.05, 0) is 53.3 Å². The lowest BCUT2D eigenvalue weighted by molar-refractivity contribution is 0.102. The molecule has 1 aromatic carbocycles. The number of nitrogens with zero attached hydrogens (tertiary/aromatic N) is 3. The Balaban J connectivity index is 1.79. The van der Waals surface area contributed by atoms with Gasteiger partial charge in [0.1, 0.15) is 11.5 Å². The zero-order valence-electron chi connectivity index (χ0n) is 16.1. The Bertz CT molecular complexity index is 1240. The monoisotopic (exact) mass is 515 g/mol. The maximum atomic E-state index is 12.9. The lowest BCUT2D eigenvalue weighted by Crippen LogP contribution is -2.19. The fourth-order valence-corrected chi connectivity index (χ4v) is 3.62. The number of benzene rings is 1. The maximum absolute atomic E-state index is 12.9. The summed E-state index contributed by atoms with van der Waals surface area (Å²) in [4.78, 5) is 32.2. The van der Waals surface area contributed by atoms with E-state index in [0.29, 0.717) is 35.0 Å². The number of hydrogen-bond donors (Lipinski definition) is 2. The molecule has 0 saturated carbocycles. The fourth-order valence-electron chi connectivity index (χ4n) is 2.98. The molecular formula is C21H18IN5O3. The van der Waals surface area contributed by atoms with Crippen LogP contribution in [0.25, 0.3) is 17.4 Å². The van der Waals surface area contributed by atoms with Crippen LogP contribution in [0, 0.1) is 3.57 Å². The van der Waals surface area contributed by atoms with Crippen molar-refractivity contribution in [3.63, 3.8) is 0 Å². The van der Waals surface area contributed by atoms with Crippen LogP contribution in [-0.4, -0.2) is 25.7 Å². The van der Waals surface area contributed by atoms with Crippen LogP contribution in [0.15, 0.2) is 64.0 Å².